The highest BCUT2D eigenvalue weighted by molar-refractivity contribution is 6.25. The maximum Gasteiger partial charge on any atom is 0.328 e. The van der Waals surface area contributed by atoms with Crippen LogP contribution >= 0.6 is 0 Å². The van der Waals surface area contributed by atoms with Crippen molar-refractivity contribution in [3.05, 3.63) is 41.2 Å². The van der Waals surface area contributed by atoms with Crippen LogP contribution in [0.2, 0.25) is 0 Å². The normalized spacial score (nSPS) is 20.6. The molecule has 1 aliphatic rings. The zero-order valence-corrected chi connectivity index (χ0v) is 17.4. The molecule has 1 saturated carbocycles. The van der Waals surface area contributed by atoms with E-state index in [9.17, 15) is 19.8 Å². The standard InChI is InChI=1S/C22H27NO6/c1-13(21(26)27)23-15-11-22(2,3)12-17(25)20(15)16(24)8-6-14-7-9-18(28-4)19(10-14)29-5/h6-10,13,24H,11-12H2,1-5H3,(H,26,27)/b8-6+,20-16-,23-15?. The molecule has 1 aliphatic carbocycles. The van der Waals surface area contributed by atoms with E-state index in [1.807, 2.05) is 13.8 Å². The topological polar surface area (TPSA) is 105 Å². The molecule has 1 aromatic carbocycles. The summed E-state index contributed by atoms with van der Waals surface area (Å²) in [5.74, 6) is -0.472. The third-order valence-corrected chi connectivity index (χ3v) is 4.66. The molecular formula is C22H27NO6. The van der Waals surface area contributed by atoms with Gasteiger partial charge in [-0.15, -0.1) is 0 Å². The first-order chi connectivity index (χ1) is 13.6. The summed E-state index contributed by atoms with van der Waals surface area (Å²) in [6, 6.07) is 4.24. The molecular weight excluding hydrogens is 374 g/mol. The molecule has 2 N–H and O–H groups in total. The number of benzene rings is 1. The summed E-state index contributed by atoms with van der Waals surface area (Å²) in [5, 5.41) is 19.8. The predicted molar refractivity (Wildman–Crippen MR) is 111 cm³/mol. The lowest BCUT2D eigenvalue weighted by atomic mass is 9.73. The number of carbonyl (C=O) groups excluding carboxylic acids is 1. The first-order valence-corrected chi connectivity index (χ1v) is 9.24. The van der Waals surface area contributed by atoms with E-state index in [4.69, 9.17) is 9.47 Å². The number of aliphatic carboxylic acids is 1. The minimum Gasteiger partial charge on any atom is -0.507 e. The number of ketones is 1. The van der Waals surface area contributed by atoms with Gasteiger partial charge in [0.25, 0.3) is 0 Å². The molecule has 2 rings (SSSR count). The van der Waals surface area contributed by atoms with Gasteiger partial charge in [0.05, 0.1) is 25.5 Å². The van der Waals surface area contributed by atoms with Crippen LogP contribution in [-0.2, 0) is 9.59 Å². The highest BCUT2D eigenvalue weighted by atomic mass is 16.5. The van der Waals surface area contributed by atoms with Crippen LogP contribution in [-0.4, -0.2) is 47.9 Å². The fraction of sp³-hybridized carbons (Fsp3) is 0.409. The molecule has 0 spiro atoms. The Kier molecular flexibility index (Phi) is 6.84. The molecule has 0 aliphatic heterocycles. The lowest BCUT2D eigenvalue weighted by Gasteiger charge is -2.31. The van der Waals surface area contributed by atoms with Gasteiger partial charge < -0.3 is 19.7 Å². The summed E-state index contributed by atoms with van der Waals surface area (Å²) in [4.78, 5) is 28.1. The van der Waals surface area contributed by atoms with Crippen molar-refractivity contribution in [2.45, 2.75) is 39.7 Å². The molecule has 1 fully saturated rings. The summed E-state index contributed by atoms with van der Waals surface area (Å²) in [6.45, 7) is 5.27. The SMILES string of the molecule is COc1ccc(/C=C/C(O)=C2/C(=O)CC(C)(C)CC2=NC(C)C(=O)O)cc1OC. The van der Waals surface area contributed by atoms with Gasteiger partial charge >= 0.3 is 5.97 Å². The van der Waals surface area contributed by atoms with Gasteiger partial charge in [-0.2, -0.15) is 0 Å². The quantitative estimate of drug-likeness (QED) is 0.554. The first kappa shape index (κ1) is 22.2. The number of hydrogen-bond acceptors (Lipinski definition) is 6. The monoisotopic (exact) mass is 401 g/mol. The van der Waals surface area contributed by atoms with Gasteiger partial charge in [-0.1, -0.05) is 26.0 Å². The Morgan fingerprint density at radius 1 is 1.17 bits per heavy atom. The summed E-state index contributed by atoms with van der Waals surface area (Å²) in [7, 11) is 3.07. The average molecular weight is 401 g/mol. The van der Waals surface area contributed by atoms with E-state index in [1.54, 1.807) is 31.4 Å². The Labute approximate surface area is 170 Å². The lowest BCUT2D eigenvalue weighted by Crippen LogP contribution is -2.33. The van der Waals surface area contributed by atoms with Gasteiger partial charge in [0.1, 0.15) is 11.8 Å². The summed E-state index contributed by atoms with van der Waals surface area (Å²) >= 11 is 0. The molecule has 0 heterocycles. The van der Waals surface area contributed by atoms with E-state index in [0.717, 1.165) is 5.56 Å². The molecule has 7 nitrogen and oxygen atoms in total. The van der Waals surface area contributed by atoms with Crippen molar-refractivity contribution in [1.29, 1.82) is 0 Å². The van der Waals surface area contributed by atoms with Crippen molar-refractivity contribution < 1.29 is 29.3 Å². The fourth-order valence-electron chi connectivity index (χ4n) is 3.19. The molecule has 0 radical (unpaired) electrons. The number of carbonyl (C=O) groups is 2. The van der Waals surface area contributed by atoms with Crippen molar-refractivity contribution in [2.75, 3.05) is 14.2 Å². The summed E-state index contributed by atoms with van der Waals surface area (Å²) in [5.41, 5.74) is 0.769. The minimum atomic E-state index is -1.09. The average Bonchev–Trinajstić information content (AvgIpc) is 2.64. The molecule has 0 bridgehead atoms. The summed E-state index contributed by atoms with van der Waals surface area (Å²) in [6.07, 6.45) is 3.69. The van der Waals surface area contributed by atoms with Crippen LogP contribution in [0.5, 0.6) is 11.5 Å². The largest absolute Gasteiger partial charge is 0.507 e. The number of aliphatic imine (C=N–C) groups is 1. The third kappa shape index (κ3) is 5.47. The van der Waals surface area contributed by atoms with Crippen molar-refractivity contribution in [2.24, 2.45) is 10.4 Å². The van der Waals surface area contributed by atoms with E-state index < -0.39 is 12.0 Å². The number of aliphatic hydroxyl groups is 1. The van der Waals surface area contributed by atoms with E-state index in [-0.39, 0.29) is 29.0 Å². The molecule has 1 atom stereocenters. The van der Waals surface area contributed by atoms with Crippen molar-refractivity contribution in [1.82, 2.24) is 0 Å². The summed E-state index contributed by atoms with van der Waals surface area (Å²) < 4.78 is 10.5. The number of carboxylic acid groups (broad SMARTS) is 1. The Hall–Kier alpha value is -3.09. The van der Waals surface area contributed by atoms with E-state index in [1.165, 1.54) is 20.1 Å². The van der Waals surface area contributed by atoms with Crippen molar-refractivity contribution in [3.8, 4) is 11.5 Å². The Morgan fingerprint density at radius 2 is 1.83 bits per heavy atom. The van der Waals surface area contributed by atoms with Gasteiger partial charge in [0, 0.05) is 6.42 Å². The van der Waals surface area contributed by atoms with Gasteiger partial charge in [-0.25, -0.2) is 4.79 Å². The first-order valence-electron chi connectivity index (χ1n) is 9.24. The molecule has 1 aromatic rings. The molecule has 7 heteroatoms. The number of Topliss-reactive ketones (excluding diaryl/α,β-unsaturated/α-hetero) is 1. The van der Waals surface area contributed by atoms with Gasteiger partial charge in [-0.05, 0) is 42.5 Å². The van der Waals surface area contributed by atoms with Crippen LogP contribution in [0.25, 0.3) is 6.08 Å². The van der Waals surface area contributed by atoms with Crippen LogP contribution in [0.4, 0.5) is 0 Å². The van der Waals surface area contributed by atoms with Crippen LogP contribution in [0.15, 0.2) is 40.6 Å². The fourth-order valence-corrected chi connectivity index (χ4v) is 3.19. The molecule has 0 saturated heterocycles. The van der Waals surface area contributed by atoms with Crippen LogP contribution < -0.4 is 9.47 Å². The van der Waals surface area contributed by atoms with E-state index in [2.05, 4.69) is 4.99 Å². The molecule has 0 amide bonds. The maximum absolute atomic E-state index is 12.7. The Balaban J connectivity index is 2.44. The number of aliphatic hydroxyl groups excluding tert-OH is 1. The number of hydrogen-bond donors (Lipinski definition) is 2. The zero-order chi connectivity index (χ0) is 21.8. The van der Waals surface area contributed by atoms with Crippen LogP contribution in [0, 0.1) is 5.41 Å². The number of methoxy groups -OCH3 is 2. The van der Waals surface area contributed by atoms with Crippen molar-refractivity contribution in [3.63, 3.8) is 0 Å². The second-order valence-corrected chi connectivity index (χ2v) is 7.74. The Bertz CT molecular complexity index is 895. The lowest BCUT2D eigenvalue weighted by molar-refractivity contribution is -0.138. The van der Waals surface area contributed by atoms with E-state index in [0.29, 0.717) is 23.6 Å². The molecule has 29 heavy (non-hydrogen) atoms. The highest BCUT2D eigenvalue weighted by Gasteiger charge is 2.36. The van der Waals surface area contributed by atoms with Crippen LogP contribution in [0.3, 0.4) is 0 Å². The number of ether oxygens (including phenoxy) is 2. The minimum absolute atomic E-state index is 0.0779. The second-order valence-electron chi connectivity index (χ2n) is 7.74. The second kappa shape index (κ2) is 8.94. The van der Waals surface area contributed by atoms with E-state index >= 15 is 0 Å². The Morgan fingerprint density at radius 3 is 2.41 bits per heavy atom. The third-order valence-electron chi connectivity index (χ3n) is 4.66. The van der Waals surface area contributed by atoms with Crippen molar-refractivity contribution >= 4 is 23.5 Å². The predicted octanol–water partition coefficient (Wildman–Crippen LogP) is 3.83. The van der Waals surface area contributed by atoms with Gasteiger partial charge in [-0.3, -0.25) is 9.79 Å². The molecule has 156 valence electrons. The number of carboxylic acids is 1. The number of nitrogens with zero attached hydrogens (tertiary/aromatic N) is 1. The van der Waals surface area contributed by atoms with Gasteiger partial charge in [0.2, 0.25) is 0 Å². The number of rotatable bonds is 6. The van der Waals surface area contributed by atoms with Crippen LogP contribution in [0.1, 0.15) is 39.2 Å². The maximum atomic E-state index is 12.7. The molecule has 1 unspecified atom stereocenters. The smallest absolute Gasteiger partial charge is 0.328 e. The highest BCUT2D eigenvalue weighted by Crippen LogP contribution is 2.36. The molecule has 0 aromatic heterocycles. The van der Waals surface area contributed by atoms with Gasteiger partial charge in [0.15, 0.2) is 17.3 Å². The zero-order valence-electron chi connectivity index (χ0n) is 17.4. The number of allylic oxidation sites excluding steroid dienone is 2.